The number of carbonyl (C=O) groups is 2. The smallest absolute Gasteiger partial charge is 0.243 e. The van der Waals surface area contributed by atoms with Crippen molar-refractivity contribution in [3.05, 3.63) is 24.3 Å². The number of anilines is 1. The van der Waals surface area contributed by atoms with Gasteiger partial charge >= 0.3 is 0 Å². The van der Waals surface area contributed by atoms with Crippen molar-refractivity contribution in [1.29, 1.82) is 0 Å². The van der Waals surface area contributed by atoms with E-state index >= 15 is 0 Å². The van der Waals surface area contributed by atoms with Gasteiger partial charge in [0.2, 0.25) is 21.8 Å². The van der Waals surface area contributed by atoms with E-state index in [9.17, 15) is 26.4 Å². The van der Waals surface area contributed by atoms with Crippen LogP contribution in [0.3, 0.4) is 0 Å². The minimum atomic E-state index is -3.89. The van der Waals surface area contributed by atoms with Crippen LogP contribution in [-0.2, 0) is 29.4 Å². The first-order chi connectivity index (χ1) is 12.0. The Kier molecular flexibility index (Phi) is 6.04. The Morgan fingerprint density at radius 2 is 1.69 bits per heavy atom. The maximum atomic E-state index is 12.6. The second-order valence-electron chi connectivity index (χ2n) is 6.00. The van der Waals surface area contributed by atoms with E-state index in [1.165, 1.54) is 43.1 Å². The lowest BCUT2D eigenvalue weighted by atomic mass is 10.3. The topological polar surface area (TPSA) is 121 Å². The summed E-state index contributed by atoms with van der Waals surface area (Å²) in [5.41, 5.74) is 0.463. The summed E-state index contributed by atoms with van der Waals surface area (Å²) < 4.78 is 48.9. The third-order valence-corrected chi connectivity index (χ3v) is 7.36. The molecule has 2 rings (SSSR count). The van der Waals surface area contributed by atoms with Crippen LogP contribution in [0.5, 0.6) is 0 Å². The van der Waals surface area contributed by atoms with Gasteiger partial charge in [0.05, 0.1) is 22.9 Å². The number of sulfonamides is 1. The summed E-state index contributed by atoms with van der Waals surface area (Å²) in [6.45, 7) is 1.10. The molecule has 0 bridgehead atoms. The zero-order valence-corrected chi connectivity index (χ0v) is 16.1. The van der Waals surface area contributed by atoms with Gasteiger partial charge < -0.3 is 10.2 Å². The minimum absolute atomic E-state index is 0.0110. The van der Waals surface area contributed by atoms with Crippen molar-refractivity contribution >= 4 is 37.4 Å². The summed E-state index contributed by atoms with van der Waals surface area (Å²) in [7, 11) is -5.72. The van der Waals surface area contributed by atoms with Crippen molar-refractivity contribution in [2.75, 3.05) is 43.5 Å². The fourth-order valence-electron chi connectivity index (χ4n) is 2.43. The monoisotopic (exact) mass is 403 g/mol. The first-order valence-electron chi connectivity index (χ1n) is 7.83. The molecule has 1 saturated heterocycles. The number of hydrogen-bond acceptors (Lipinski definition) is 6. The first kappa shape index (κ1) is 20.3. The molecule has 0 atom stereocenters. The Morgan fingerprint density at radius 3 is 2.19 bits per heavy atom. The molecule has 1 heterocycles. The Bertz CT molecular complexity index is 880. The van der Waals surface area contributed by atoms with Crippen molar-refractivity contribution in [3.8, 4) is 0 Å². The van der Waals surface area contributed by atoms with Crippen LogP contribution < -0.4 is 5.32 Å². The van der Waals surface area contributed by atoms with Crippen molar-refractivity contribution < 1.29 is 26.4 Å². The van der Waals surface area contributed by atoms with E-state index in [-0.39, 0.29) is 41.9 Å². The fourth-order valence-corrected chi connectivity index (χ4v) is 4.75. The van der Waals surface area contributed by atoms with Crippen LogP contribution in [-0.4, -0.2) is 76.0 Å². The van der Waals surface area contributed by atoms with E-state index in [0.29, 0.717) is 5.69 Å². The van der Waals surface area contributed by atoms with Crippen LogP contribution in [0.1, 0.15) is 6.92 Å². The molecule has 144 valence electrons. The van der Waals surface area contributed by atoms with Crippen LogP contribution in [0.2, 0.25) is 0 Å². The molecule has 11 heteroatoms. The molecule has 1 N–H and O–H groups in total. The zero-order valence-electron chi connectivity index (χ0n) is 14.5. The van der Waals surface area contributed by atoms with Crippen LogP contribution in [0.15, 0.2) is 29.2 Å². The predicted molar refractivity (Wildman–Crippen MR) is 95.8 cm³/mol. The lowest BCUT2D eigenvalue weighted by Crippen LogP contribution is -2.47. The molecule has 2 amide bonds. The maximum Gasteiger partial charge on any atom is 0.243 e. The summed E-state index contributed by atoms with van der Waals surface area (Å²) in [6.07, 6.45) is 0. The zero-order chi connectivity index (χ0) is 19.5. The lowest BCUT2D eigenvalue weighted by molar-refractivity contribution is -0.130. The predicted octanol–water partition coefficient (Wildman–Crippen LogP) is -0.477. The Morgan fingerprint density at radius 1 is 1.15 bits per heavy atom. The third kappa shape index (κ3) is 5.02. The van der Waals surface area contributed by atoms with Gasteiger partial charge in [-0.1, -0.05) is 0 Å². The molecule has 0 spiro atoms. The molecule has 1 aliphatic rings. The number of benzene rings is 1. The van der Waals surface area contributed by atoms with Crippen LogP contribution in [0.25, 0.3) is 0 Å². The molecule has 0 radical (unpaired) electrons. The molecular formula is C15H21N3O6S2. The normalized spacial score (nSPS) is 17.1. The van der Waals surface area contributed by atoms with E-state index in [0.717, 1.165) is 4.31 Å². The van der Waals surface area contributed by atoms with Crippen LogP contribution >= 0.6 is 0 Å². The van der Waals surface area contributed by atoms with E-state index in [4.69, 9.17) is 0 Å². The van der Waals surface area contributed by atoms with Gasteiger partial charge in [0.25, 0.3) is 0 Å². The average molecular weight is 403 g/mol. The van der Waals surface area contributed by atoms with E-state index in [2.05, 4.69) is 5.32 Å². The van der Waals surface area contributed by atoms with Gasteiger partial charge in [0.1, 0.15) is 0 Å². The summed E-state index contributed by atoms with van der Waals surface area (Å²) >= 11 is 0. The van der Waals surface area contributed by atoms with Crippen molar-refractivity contribution in [2.45, 2.75) is 11.8 Å². The van der Waals surface area contributed by atoms with Gasteiger partial charge in [-0.3, -0.25) is 9.59 Å². The highest BCUT2D eigenvalue weighted by molar-refractivity contribution is 7.91. The minimum Gasteiger partial charge on any atom is -0.340 e. The summed E-state index contributed by atoms with van der Waals surface area (Å²) in [5, 5.41) is 2.54. The molecule has 1 aromatic carbocycles. The molecule has 0 unspecified atom stereocenters. The van der Waals surface area contributed by atoms with Gasteiger partial charge in [0.15, 0.2) is 9.84 Å². The lowest BCUT2D eigenvalue weighted by Gasteiger charge is -2.28. The molecule has 1 aromatic rings. The number of likely N-dealkylation sites (N-methyl/N-ethyl adjacent to an activating group) is 1. The van der Waals surface area contributed by atoms with Crippen molar-refractivity contribution in [3.63, 3.8) is 0 Å². The number of amides is 2. The SMILES string of the molecule is CC(=O)Nc1ccc(S(=O)(=O)N(C)CC(=O)N2CCS(=O)(=O)CC2)cc1. The standard InChI is InChI=1S/C15H21N3O6S2/c1-12(19)16-13-3-5-14(6-4-13)26(23,24)17(2)11-15(20)18-7-9-25(21,22)10-8-18/h3-6H,7-11H2,1-2H3,(H,16,19). The fraction of sp³-hybridized carbons (Fsp3) is 0.467. The van der Waals surface area contributed by atoms with Gasteiger partial charge in [-0.25, -0.2) is 16.8 Å². The molecule has 1 fully saturated rings. The van der Waals surface area contributed by atoms with E-state index in [1.54, 1.807) is 0 Å². The molecule has 0 saturated carbocycles. The molecule has 1 aliphatic heterocycles. The van der Waals surface area contributed by atoms with Gasteiger partial charge in [-0.2, -0.15) is 4.31 Å². The molecule has 9 nitrogen and oxygen atoms in total. The first-order valence-corrected chi connectivity index (χ1v) is 11.1. The Hall–Kier alpha value is -1.98. The highest BCUT2D eigenvalue weighted by Gasteiger charge is 2.28. The Labute approximate surface area is 152 Å². The van der Waals surface area contributed by atoms with Gasteiger partial charge in [-0.15, -0.1) is 0 Å². The Balaban J connectivity index is 2.04. The van der Waals surface area contributed by atoms with Gasteiger partial charge in [0, 0.05) is 32.7 Å². The summed E-state index contributed by atoms with van der Waals surface area (Å²) in [6, 6.07) is 5.60. The second-order valence-corrected chi connectivity index (χ2v) is 10.3. The maximum absolute atomic E-state index is 12.6. The number of sulfone groups is 1. The van der Waals surface area contributed by atoms with Crippen LogP contribution in [0, 0.1) is 0 Å². The molecule has 0 aliphatic carbocycles. The molecular weight excluding hydrogens is 382 g/mol. The van der Waals surface area contributed by atoms with E-state index in [1.807, 2.05) is 0 Å². The van der Waals surface area contributed by atoms with E-state index < -0.39 is 25.8 Å². The number of nitrogens with one attached hydrogen (secondary N) is 1. The molecule has 0 aromatic heterocycles. The highest BCUT2D eigenvalue weighted by Crippen LogP contribution is 2.18. The summed E-state index contributed by atoms with van der Waals surface area (Å²) in [5.74, 6) is -0.938. The van der Waals surface area contributed by atoms with Crippen molar-refractivity contribution in [1.82, 2.24) is 9.21 Å². The average Bonchev–Trinajstić information content (AvgIpc) is 2.54. The summed E-state index contributed by atoms with van der Waals surface area (Å²) in [4.78, 5) is 24.6. The number of carbonyl (C=O) groups excluding carboxylic acids is 2. The largest absolute Gasteiger partial charge is 0.340 e. The second kappa shape index (κ2) is 7.72. The number of hydrogen-bond donors (Lipinski definition) is 1. The quantitative estimate of drug-likeness (QED) is 0.709. The third-order valence-electron chi connectivity index (χ3n) is 3.94. The number of rotatable bonds is 5. The molecule has 26 heavy (non-hydrogen) atoms. The number of nitrogens with zero attached hydrogens (tertiary/aromatic N) is 2. The van der Waals surface area contributed by atoms with Gasteiger partial charge in [-0.05, 0) is 24.3 Å². The van der Waals surface area contributed by atoms with Crippen molar-refractivity contribution in [2.24, 2.45) is 0 Å². The van der Waals surface area contributed by atoms with Crippen LogP contribution in [0.4, 0.5) is 5.69 Å². The highest BCUT2D eigenvalue weighted by atomic mass is 32.2.